The van der Waals surface area contributed by atoms with Gasteiger partial charge in [0, 0.05) is 6.42 Å². The first-order valence-corrected chi connectivity index (χ1v) is 16.2. The fourth-order valence-corrected chi connectivity index (χ4v) is 5.74. The van der Waals surface area contributed by atoms with Crippen molar-refractivity contribution in [2.75, 3.05) is 13.2 Å². The van der Waals surface area contributed by atoms with Gasteiger partial charge in [0.1, 0.15) is 5.75 Å². The van der Waals surface area contributed by atoms with Crippen LogP contribution in [0.3, 0.4) is 0 Å². The van der Waals surface area contributed by atoms with E-state index in [0.717, 1.165) is 30.9 Å². The molecule has 8 heteroatoms. The number of nitrogens with one attached hydrogen (secondary N) is 1. The zero-order valence-corrected chi connectivity index (χ0v) is 24.8. The SMILES string of the molecule is CCCCCCCCCCCCCCCC(=O)N[C@@H](C=C(F)P(=O)(OCC)OCC)Cc1ccc(O)cc1. The van der Waals surface area contributed by atoms with E-state index in [1.165, 1.54) is 76.3 Å². The molecule has 0 aliphatic heterocycles. The molecule has 0 aromatic heterocycles. The van der Waals surface area contributed by atoms with Crippen LogP contribution >= 0.6 is 7.60 Å². The summed E-state index contributed by atoms with van der Waals surface area (Å²) in [6.45, 7) is 5.55. The molecule has 2 N–H and O–H groups in total. The molecule has 1 rings (SSSR count). The monoisotopic (exact) mass is 555 g/mol. The number of unbranched alkanes of at least 4 members (excludes halogenated alkanes) is 12. The second-order valence-electron chi connectivity index (χ2n) is 9.86. The van der Waals surface area contributed by atoms with Crippen molar-refractivity contribution >= 4 is 13.5 Å². The minimum absolute atomic E-state index is 0.0343. The highest BCUT2D eigenvalue weighted by molar-refractivity contribution is 7.58. The highest BCUT2D eigenvalue weighted by atomic mass is 31.2. The molecule has 0 bridgehead atoms. The maximum Gasteiger partial charge on any atom is 0.389 e. The summed E-state index contributed by atoms with van der Waals surface area (Å²) in [7, 11) is -4.07. The van der Waals surface area contributed by atoms with Gasteiger partial charge in [-0.1, -0.05) is 96.1 Å². The van der Waals surface area contributed by atoms with Crippen molar-refractivity contribution in [3.63, 3.8) is 0 Å². The van der Waals surface area contributed by atoms with Gasteiger partial charge in [0.05, 0.1) is 19.3 Å². The fourth-order valence-electron chi connectivity index (χ4n) is 4.38. The number of phenolic OH excluding ortho intramolecular Hbond substituents is 1. The minimum atomic E-state index is -4.07. The molecule has 38 heavy (non-hydrogen) atoms. The highest BCUT2D eigenvalue weighted by Gasteiger charge is 2.31. The third-order valence-electron chi connectivity index (χ3n) is 6.44. The van der Waals surface area contributed by atoms with Crippen LogP contribution in [0.5, 0.6) is 5.75 Å². The van der Waals surface area contributed by atoms with E-state index in [1.54, 1.807) is 26.0 Å². The van der Waals surface area contributed by atoms with E-state index in [0.29, 0.717) is 6.42 Å². The number of carbonyl (C=O) groups excluding carboxylic acids is 1. The second-order valence-corrected chi connectivity index (χ2v) is 11.8. The summed E-state index contributed by atoms with van der Waals surface area (Å²) in [5.74, 6) is -0.0563. The number of amides is 1. The number of hydrogen-bond acceptors (Lipinski definition) is 5. The van der Waals surface area contributed by atoms with Crippen molar-refractivity contribution in [3.8, 4) is 5.75 Å². The summed E-state index contributed by atoms with van der Waals surface area (Å²) in [6, 6.07) is 5.75. The van der Waals surface area contributed by atoms with Gasteiger partial charge in [0.15, 0.2) is 0 Å². The van der Waals surface area contributed by atoms with Crippen LogP contribution < -0.4 is 5.32 Å². The molecule has 0 aliphatic rings. The summed E-state index contributed by atoms with van der Waals surface area (Å²) >= 11 is 0. The molecule has 0 radical (unpaired) electrons. The van der Waals surface area contributed by atoms with Crippen LogP contribution in [-0.4, -0.2) is 30.3 Å². The normalized spacial score (nSPS) is 13.0. The number of hydrogen-bond donors (Lipinski definition) is 2. The molecular weight excluding hydrogens is 504 g/mol. The van der Waals surface area contributed by atoms with Gasteiger partial charge in [0.25, 0.3) is 0 Å². The first kappa shape index (κ1) is 34.3. The quantitative estimate of drug-likeness (QED) is 0.104. The zero-order valence-electron chi connectivity index (χ0n) is 23.9. The smallest absolute Gasteiger partial charge is 0.389 e. The predicted octanol–water partition coefficient (Wildman–Crippen LogP) is 8.98. The van der Waals surface area contributed by atoms with Gasteiger partial charge in [-0.05, 0) is 50.5 Å². The molecule has 6 nitrogen and oxygen atoms in total. The van der Waals surface area contributed by atoms with Crippen LogP contribution in [0.15, 0.2) is 35.9 Å². The standard InChI is InChI=1S/C30H51FNO5P/c1-4-7-8-9-10-11-12-13-14-15-16-17-18-19-30(34)32-27(24-26-20-22-28(33)23-21-26)25-29(31)38(35,36-5-2)37-6-3/h20-23,25,27,33H,4-19,24H2,1-3H3,(H,32,34)/t27-/m1/s1. The Morgan fingerprint density at radius 2 is 1.34 bits per heavy atom. The van der Waals surface area contributed by atoms with Crippen molar-refractivity contribution in [1.29, 1.82) is 0 Å². The maximum atomic E-state index is 15.0. The van der Waals surface area contributed by atoms with Gasteiger partial charge in [-0.15, -0.1) is 0 Å². The Bertz CT molecular complexity index is 820. The van der Waals surface area contributed by atoms with Crippen molar-refractivity contribution in [2.45, 2.75) is 123 Å². The second kappa shape index (κ2) is 21.2. The predicted molar refractivity (Wildman–Crippen MR) is 154 cm³/mol. The third-order valence-corrected chi connectivity index (χ3v) is 8.31. The van der Waals surface area contributed by atoms with Crippen LogP contribution in [0.2, 0.25) is 0 Å². The molecule has 1 aromatic carbocycles. The number of halogens is 1. The Morgan fingerprint density at radius 3 is 1.82 bits per heavy atom. The molecule has 0 saturated carbocycles. The lowest BCUT2D eigenvalue weighted by molar-refractivity contribution is -0.121. The number of aromatic hydroxyl groups is 1. The van der Waals surface area contributed by atoms with E-state index in [9.17, 15) is 14.5 Å². The van der Waals surface area contributed by atoms with Gasteiger partial charge in [-0.25, -0.2) is 0 Å². The van der Waals surface area contributed by atoms with Gasteiger partial charge in [0.2, 0.25) is 11.5 Å². The van der Waals surface area contributed by atoms with Crippen molar-refractivity contribution in [1.82, 2.24) is 5.32 Å². The van der Waals surface area contributed by atoms with Crippen molar-refractivity contribution in [2.24, 2.45) is 0 Å². The highest BCUT2D eigenvalue weighted by Crippen LogP contribution is 2.56. The van der Waals surface area contributed by atoms with Gasteiger partial charge in [-0.3, -0.25) is 9.36 Å². The summed E-state index contributed by atoms with van der Waals surface area (Å²) in [5, 5.41) is 12.4. The van der Waals surface area contributed by atoms with Gasteiger partial charge >= 0.3 is 7.60 Å². The van der Waals surface area contributed by atoms with E-state index in [1.807, 2.05) is 0 Å². The number of phenols is 1. The topological polar surface area (TPSA) is 84.9 Å². The molecule has 1 atom stereocenters. The summed E-state index contributed by atoms with van der Waals surface area (Å²) in [4.78, 5) is 12.6. The Morgan fingerprint density at radius 1 is 0.868 bits per heavy atom. The van der Waals surface area contributed by atoms with E-state index in [4.69, 9.17) is 9.05 Å². The van der Waals surface area contributed by atoms with E-state index in [-0.39, 0.29) is 31.3 Å². The lowest BCUT2D eigenvalue weighted by Gasteiger charge is -2.19. The minimum Gasteiger partial charge on any atom is -0.508 e. The van der Waals surface area contributed by atoms with Gasteiger partial charge < -0.3 is 19.5 Å². The Labute approximate surface area is 230 Å². The fraction of sp³-hybridized carbons (Fsp3) is 0.700. The van der Waals surface area contributed by atoms with E-state index >= 15 is 4.39 Å². The van der Waals surface area contributed by atoms with Crippen LogP contribution in [0.25, 0.3) is 0 Å². The number of rotatable bonds is 23. The van der Waals surface area contributed by atoms with Gasteiger partial charge in [-0.2, -0.15) is 4.39 Å². The molecule has 0 heterocycles. The lowest BCUT2D eigenvalue weighted by Crippen LogP contribution is -2.35. The van der Waals surface area contributed by atoms with Crippen molar-refractivity contribution < 1.29 is 27.9 Å². The molecule has 0 fully saturated rings. The summed E-state index contributed by atoms with van der Waals surface area (Å²) < 4.78 is 38.0. The average Bonchev–Trinajstić information content (AvgIpc) is 2.88. The largest absolute Gasteiger partial charge is 0.508 e. The summed E-state index contributed by atoms with van der Waals surface area (Å²) in [5.41, 5.74) is -0.216. The molecule has 218 valence electrons. The van der Waals surface area contributed by atoms with Crippen LogP contribution in [0.4, 0.5) is 4.39 Å². The van der Waals surface area contributed by atoms with E-state index in [2.05, 4.69) is 12.2 Å². The van der Waals surface area contributed by atoms with Crippen LogP contribution in [0, 0.1) is 0 Å². The average molecular weight is 556 g/mol. The number of benzene rings is 1. The zero-order chi connectivity index (χ0) is 28.1. The first-order valence-electron chi connectivity index (χ1n) is 14.7. The molecule has 1 amide bonds. The summed E-state index contributed by atoms with van der Waals surface area (Å²) in [6.07, 6.45) is 17.8. The molecule has 1 aromatic rings. The number of carbonyl (C=O) groups is 1. The Kier molecular flexibility index (Phi) is 19.1. The van der Waals surface area contributed by atoms with Crippen molar-refractivity contribution in [3.05, 3.63) is 41.5 Å². The van der Waals surface area contributed by atoms with Crippen LogP contribution in [0.1, 0.15) is 116 Å². The molecule has 0 saturated heterocycles. The maximum absolute atomic E-state index is 15.0. The molecule has 0 unspecified atom stereocenters. The lowest BCUT2D eigenvalue weighted by atomic mass is 10.0. The van der Waals surface area contributed by atoms with E-state index < -0.39 is 19.2 Å². The third kappa shape index (κ3) is 15.7. The Hall–Kier alpha value is -1.69. The molecule has 0 aliphatic carbocycles. The molecular formula is C30H51FNO5P. The Balaban J connectivity index is 2.49. The first-order chi connectivity index (χ1) is 18.3. The van der Waals surface area contributed by atoms with Crippen LogP contribution in [-0.2, 0) is 24.8 Å². The molecule has 0 spiro atoms.